The quantitative estimate of drug-likeness (QED) is 0.819. The van der Waals surface area contributed by atoms with Gasteiger partial charge in [-0.3, -0.25) is 14.8 Å². The first kappa shape index (κ1) is 15.9. The van der Waals surface area contributed by atoms with Gasteiger partial charge in [0.1, 0.15) is 5.78 Å². The van der Waals surface area contributed by atoms with Crippen LogP contribution in [0.4, 0.5) is 0 Å². The van der Waals surface area contributed by atoms with E-state index in [0.717, 1.165) is 22.5 Å². The summed E-state index contributed by atoms with van der Waals surface area (Å²) < 4.78 is 0. The summed E-state index contributed by atoms with van der Waals surface area (Å²) in [5.74, 6) is 0.349. The van der Waals surface area contributed by atoms with E-state index in [-0.39, 0.29) is 11.7 Å². The molecule has 0 spiro atoms. The van der Waals surface area contributed by atoms with Gasteiger partial charge in [-0.15, -0.1) is 0 Å². The fraction of sp³-hybridized carbons (Fsp3) is 0.316. The summed E-state index contributed by atoms with van der Waals surface area (Å²) in [6.07, 6.45) is 2.70. The normalized spacial score (nSPS) is 14.3. The molecule has 4 heteroatoms. The smallest absolute Gasteiger partial charge is 0.139 e. The molecule has 0 aliphatic carbocycles. The van der Waals surface area contributed by atoms with Crippen LogP contribution in [0, 0.1) is 0 Å². The van der Waals surface area contributed by atoms with Gasteiger partial charge in [0.05, 0.1) is 6.54 Å². The first-order valence-electron chi connectivity index (χ1n) is 7.79. The Morgan fingerprint density at radius 1 is 1.35 bits per heavy atom. The van der Waals surface area contributed by atoms with Crippen LogP contribution in [-0.2, 0) is 17.8 Å². The van der Waals surface area contributed by atoms with E-state index in [1.165, 1.54) is 5.56 Å². The third-order valence-corrected chi connectivity index (χ3v) is 4.49. The maximum Gasteiger partial charge on any atom is 0.139 e. The molecular weight excluding hydrogens is 308 g/mol. The molecule has 0 saturated heterocycles. The minimum Gasteiger partial charge on any atom is -0.299 e. The van der Waals surface area contributed by atoms with E-state index in [9.17, 15) is 4.79 Å². The average molecular weight is 327 g/mol. The molecule has 3 rings (SSSR count). The van der Waals surface area contributed by atoms with Crippen LogP contribution >= 0.6 is 11.6 Å². The molecule has 2 heterocycles. The van der Waals surface area contributed by atoms with E-state index < -0.39 is 0 Å². The van der Waals surface area contributed by atoms with Crippen molar-refractivity contribution in [2.24, 2.45) is 4.99 Å². The molecule has 1 aromatic heterocycles. The fourth-order valence-electron chi connectivity index (χ4n) is 2.94. The van der Waals surface area contributed by atoms with E-state index in [4.69, 9.17) is 11.6 Å². The van der Waals surface area contributed by atoms with Gasteiger partial charge in [0.25, 0.3) is 0 Å². The number of hydrogen-bond acceptors (Lipinski definition) is 3. The van der Waals surface area contributed by atoms with Crippen LogP contribution in [0.3, 0.4) is 0 Å². The van der Waals surface area contributed by atoms with E-state index in [1.54, 1.807) is 0 Å². The number of pyridine rings is 1. The van der Waals surface area contributed by atoms with Crippen molar-refractivity contribution in [3.8, 4) is 0 Å². The molecular formula is C19H19ClN2O. The summed E-state index contributed by atoms with van der Waals surface area (Å²) in [4.78, 5) is 21.2. The van der Waals surface area contributed by atoms with Crippen LogP contribution in [0.5, 0.6) is 0 Å². The van der Waals surface area contributed by atoms with Gasteiger partial charge in [0.15, 0.2) is 0 Å². The number of carbonyl (C=O) groups excluding carboxylic acids is 1. The van der Waals surface area contributed by atoms with E-state index in [0.29, 0.717) is 24.4 Å². The number of nitrogens with zero attached hydrogens (tertiary/aromatic N) is 2. The fourth-order valence-corrected chi connectivity index (χ4v) is 3.13. The number of ketones is 1. The minimum atomic E-state index is 0.154. The summed E-state index contributed by atoms with van der Waals surface area (Å²) >= 11 is 6.02. The van der Waals surface area contributed by atoms with Crippen molar-refractivity contribution in [1.82, 2.24) is 4.98 Å². The molecule has 23 heavy (non-hydrogen) atoms. The molecule has 0 radical (unpaired) electrons. The van der Waals surface area contributed by atoms with Gasteiger partial charge in [-0.25, -0.2) is 0 Å². The second kappa shape index (κ2) is 6.63. The second-order valence-electron chi connectivity index (χ2n) is 6.11. The number of rotatable bonds is 5. The largest absolute Gasteiger partial charge is 0.299 e. The summed E-state index contributed by atoms with van der Waals surface area (Å²) in [7, 11) is 0. The number of hydrogen-bond donors (Lipinski definition) is 0. The molecule has 1 aromatic carbocycles. The highest BCUT2D eigenvalue weighted by atomic mass is 35.5. The molecule has 0 saturated carbocycles. The van der Waals surface area contributed by atoms with Crippen LogP contribution in [0.1, 0.15) is 48.6 Å². The van der Waals surface area contributed by atoms with Gasteiger partial charge < -0.3 is 0 Å². The zero-order valence-corrected chi connectivity index (χ0v) is 14.1. The molecule has 3 nitrogen and oxygen atoms in total. The van der Waals surface area contributed by atoms with Crippen molar-refractivity contribution < 1.29 is 4.79 Å². The second-order valence-corrected chi connectivity index (χ2v) is 6.55. The Morgan fingerprint density at radius 2 is 2.17 bits per heavy atom. The summed E-state index contributed by atoms with van der Waals surface area (Å²) in [6.45, 7) is 4.74. The van der Waals surface area contributed by atoms with E-state index in [1.807, 2.05) is 43.5 Å². The Balaban J connectivity index is 1.64. The zero-order valence-electron chi connectivity index (χ0n) is 13.3. The van der Waals surface area contributed by atoms with Gasteiger partial charge in [0, 0.05) is 41.0 Å². The maximum absolute atomic E-state index is 12.3. The lowest BCUT2D eigenvalue weighted by Crippen LogP contribution is -2.09. The van der Waals surface area contributed by atoms with Crippen LogP contribution < -0.4 is 0 Å². The Kier molecular flexibility index (Phi) is 4.58. The van der Waals surface area contributed by atoms with Gasteiger partial charge in [-0.2, -0.15) is 0 Å². The van der Waals surface area contributed by atoms with Gasteiger partial charge in [0.2, 0.25) is 0 Å². The molecule has 1 atom stereocenters. The molecule has 0 amide bonds. The molecule has 1 aliphatic heterocycles. The Hall–Kier alpha value is -2.00. The van der Waals surface area contributed by atoms with Crippen LogP contribution in [0.15, 0.2) is 41.5 Å². The average Bonchev–Trinajstić information content (AvgIpc) is 2.88. The number of aliphatic imine (C=N–C) groups is 1. The van der Waals surface area contributed by atoms with Crippen molar-refractivity contribution in [1.29, 1.82) is 0 Å². The van der Waals surface area contributed by atoms with Crippen LogP contribution in [-0.4, -0.2) is 16.5 Å². The molecule has 2 aromatic rings. The lowest BCUT2D eigenvalue weighted by atomic mass is 9.94. The summed E-state index contributed by atoms with van der Waals surface area (Å²) in [6, 6.07) is 9.71. The van der Waals surface area contributed by atoms with Crippen molar-refractivity contribution in [2.75, 3.05) is 0 Å². The van der Waals surface area contributed by atoms with E-state index in [2.05, 4.69) is 16.9 Å². The predicted octanol–water partition coefficient (Wildman–Crippen LogP) is 4.36. The SMILES string of the molecule is CC1=NCc2cc(CC(=O)C[C@H](C)c3cccc(Cl)c3)ncc21. The molecule has 0 bridgehead atoms. The minimum absolute atomic E-state index is 0.154. The van der Waals surface area contributed by atoms with Gasteiger partial charge in [-0.05, 0) is 42.2 Å². The highest BCUT2D eigenvalue weighted by molar-refractivity contribution is 6.30. The summed E-state index contributed by atoms with van der Waals surface area (Å²) in [5.41, 5.74) is 5.23. The Morgan fingerprint density at radius 3 is 2.96 bits per heavy atom. The predicted molar refractivity (Wildman–Crippen MR) is 93.3 cm³/mol. The highest BCUT2D eigenvalue weighted by Gasteiger charge is 2.16. The summed E-state index contributed by atoms with van der Waals surface area (Å²) in [5, 5.41) is 0.706. The zero-order chi connectivity index (χ0) is 16.4. The number of halogens is 1. The first-order chi connectivity index (χ1) is 11.0. The van der Waals surface area contributed by atoms with Gasteiger partial charge in [-0.1, -0.05) is 30.7 Å². The third-order valence-electron chi connectivity index (χ3n) is 4.25. The van der Waals surface area contributed by atoms with E-state index >= 15 is 0 Å². The molecule has 1 aliphatic rings. The maximum atomic E-state index is 12.3. The number of benzene rings is 1. The molecule has 0 fully saturated rings. The lowest BCUT2D eigenvalue weighted by Gasteiger charge is -2.11. The highest BCUT2D eigenvalue weighted by Crippen LogP contribution is 2.23. The van der Waals surface area contributed by atoms with Crippen LogP contribution in [0.2, 0.25) is 5.02 Å². The first-order valence-corrected chi connectivity index (χ1v) is 8.17. The van der Waals surface area contributed by atoms with Crippen molar-refractivity contribution in [3.63, 3.8) is 0 Å². The topological polar surface area (TPSA) is 42.3 Å². The number of Topliss-reactive ketones (excluding diaryl/α,β-unsaturated/α-hetero) is 1. The Bertz CT molecular complexity index is 783. The van der Waals surface area contributed by atoms with Crippen molar-refractivity contribution in [2.45, 2.75) is 39.2 Å². The van der Waals surface area contributed by atoms with Crippen molar-refractivity contribution >= 4 is 23.1 Å². The third kappa shape index (κ3) is 3.67. The molecule has 0 N–H and O–H groups in total. The number of fused-ring (bicyclic) bond motifs is 1. The van der Waals surface area contributed by atoms with Crippen molar-refractivity contribution in [3.05, 3.63) is 63.9 Å². The molecule has 118 valence electrons. The molecule has 0 unspecified atom stereocenters. The monoisotopic (exact) mass is 326 g/mol. The van der Waals surface area contributed by atoms with Crippen LogP contribution in [0.25, 0.3) is 0 Å². The standard InChI is InChI=1S/C19H19ClN2O/c1-12(14-4-3-5-16(20)7-14)6-18(23)9-17-8-15-10-21-13(2)19(15)11-22-17/h3-5,7-8,11-12H,6,9-10H2,1-2H3/t12-/m0/s1. The lowest BCUT2D eigenvalue weighted by molar-refractivity contribution is -0.118. The number of aromatic nitrogens is 1. The Labute approximate surface area is 141 Å². The number of carbonyl (C=O) groups is 1. The van der Waals surface area contributed by atoms with Gasteiger partial charge >= 0.3 is 0 Å².